The van der Waals surface area contributed by atoms with Crippen LogP contribution < -0.4 is 20.1 Å². The largest absolute Gasteiger partial charge is 0.497 e. The number of benzene rings is 2. The second-order valence-electron chi connectivity index (χ2n) is 5.18. The maximum absolute atomic E-state index is 12.3. The van der Waals surface area contributed by atoms with Crippen LogP contribution in [-0.4, -0.2) is 32.3 Å². The van der Waals surface area contributed by atoms with Crippen molar-refractivity contribution in [3.63, 3.8) is 0 Å². The van der Waals surface area contributed by atoms with Gasteiger partial charge in [-0.2, -0.15) is 13.2 Å². The number of halogens is 4. The summed E-state index contributed by atoms with van der Waals surface area (Å²) in [5.41, 5.74) is 0.707. The number of carbonyl (C=O) groups excluding carboxylic acids is 1. The maximum Gasteiger partial charge on any atom is 0.422 e. The molecule has 140 valence electrons. The van der Waals surface area contributed by atoms with Crippen molar-refractivity contribution < 1.29 is 27.4 Å². The van der Waals surface area contributed by atoms with Gasteiger partial charge in [-0.05, 0) is 30.3 Å². The van der Waals surface area contributed by atoms with Crippen molar-refractivity contribution in [3.8, 4) is 11.5 Å². The first kappa shape index (κ1) is 19.7. The molecule has 0 aliphatic carbocycles. The van der Waals surface area contributed by atoms with E-state index in [0.717, 1.165) is 0 Å². The molecule has 0 heterocycles. The van der Waals surface area contributed by atoms with Crippen LogP contribution >= 0.6 is 11.6 Å². The van der Waals surface area contributed by atoms with E-state index in [4.69, 9.17) is 21.1 Å². The Morgan fingerprint density at radius 1 is 1.19 bits per heavy atom. The van der Waals surface area contributed by atoms with Crippen molar-refractivity contribution in [2.75, 3.05) is 30.9 Å². The molecule has 5 nitrogen and oxygen atoms in total. The van der Waals surface area contributed by atoms with Gasteiger partial charge in [0.05, 0.1) is 19.3 Å². The van der Waals surface area contributed by atoms with Gasteiger partial charge in [-0.1, -0.05) is 17.7 Å². The van der Waals surface area contributed by atoms with Gasteiger partial charge in [0, 0.05) is 16.8 Å². The Morgan fingerprint density at radius 3 is 2.65 bits per heavy atom. The van der Waals surface area contributed by atoms with Crippen LogP contribution in [0, 0.1) is 0 Å². The molecule has 0 bridgehead atoms. The summed E-state index contributed by atoms with van der Waals surface area (Å²) < 4.78 is 46.8. The molecule has 0 radical (unpaired) electrons. The topological polar surface area (TPSA) is 59.6 Å². The minimum atomic E-state index is -4.47. The Labute approximate surface area is 153 Å². The van der Waals surface area contributed by atoms with Crippen molar-refractivity contribution in [2.24, 2.45) is 0 Å². The van der Waals surface area contributed by atoms with Gasteiger partial charge < -0.3 is 20.1 Å². The normalized spacial score (nSPS) is 11.0. The van der Waals surface area contributed by atoms with Crippen molar-refractivity contribution in [3.05, 3.63) is 47.5 Å². The molecular formula is C17H16ClF3N2O3. The minimum Gasteiger partial charge on any atom is -0.497 e. The zero-order valence-electron chi connectivity index (χ0n) is 13.7. The summed E-state index contributed by atoms with van der Waals surface area (Å²) >= 11 is 5.85. The van der Waals surface area contributed by atoms with E-state index in [1.54, 1.807) is 24.3 Å². The molecule has 2 aromatic carbocycles. The molecule has 1 amide bonds. The lowest BCUT2D eigenvalue weighted by Crippen LogP contribution is -2.23. The van der Waals surface area contributed by atoms with Gasteiger partial charge in [-0.15, -0.1) is 0 Å². The Balaban J connectivity index is 1.99. The molecule has 0 saturated heterocycles. The molecule has 0 fully saturated rings. The van der Waals surface area contributed by atoms with Crippen LogP contribution in [0.1, 0.15) is 0 Å². The van der Waals surface area contributed by atoms with Crippen LogP contribution in [-0.2, 0) is 4.79 Å². The number of rotatable bonds is 7. The molecule has 2 rings (SSSR count). The van der Waals surface area contributed by atoms with Gasteiger partial charge in [-0.25, -0.2) is 0 Å². The zero-order chi connectivity index (χ0) is 19.2. The molecule has 0 atom stereocenters. The molecule has 0 saturated carbocycles. The predicted octanol–water partition coefficient (Wildman–Crippen LogP) is 4.34. The van der Waals surface area contributed by atoms with Gasteiger partial charge >= 0.3 is 6.18 Å². The molecule has 0 unspecified atom stereocenters. The highest BCUT2D eigenvalue weighted by Gasteiger charge is 2.28. The van der Waals surface area contributed by atoms with Crippen molar-refractivity contribution in [2.45, 2.75) is 6.18 Å². The molecule has 9 heteroatoms. The Kier molecular flexibility index (Phi) is 6.57. The number of hydrogen-bond acceptors (Lipinski definition) is 4. The second-order valence-corrected chi connectivity index (χ2v) is 5.61. The summed E-state index contributed by atoms with van der Waals surface area (Å²) in [5.74, 6) is 0.120. The maximum atomic E-state index is 12.3. The van der Waals surface area contributed by atoms with Crippen molar-refractivity contribution in [1.82, 2.24) is 0 Å². The third kappa shape index (κ3) is 6.36. The van der Waals surface area contributed by atoms with E-state index in [1.165, 1.54) is 25.3 Å². The molecule has 0 aliphatic rings. The Morgan fingerprint density at radius 2 is 1.96 bits per heavy atom. The lowest BCUT2D eigenvalue weighted by Gasteiger charge is -2.15. The molecule has 0 spiro atoms. The number of methoxy groups -OCH3 is 1. The van der Waals surface area contributed by atoms with Crippen LogP contribution in [0.15, 0.2) is 42.5 Å². The average molecular weight is 389 g/mol. The van der Waals surface area contributed by atoms with E-state index in [0.29, 0.717) is 16.5 Å². The fourth-order valence-electron chi connectivity index (χ4n) is 2.01. The zero-order valence-corrected chi connectivity index (χ0v) is 14.4. The monoisotopic (exact) mass is 388 g/mol. The number of carbonyl (C=O) groups is 1. The number of nitrogens with one attached hydrogen (secondary N) is 2. The van der Waals surface area contributed by atoms with E-state index in [-0.39, 0.29) is 18.0 Å². The van der Waals surface area contributed by atoms with Gasteiger partial charge in [0.2, 0.25) is 5.91 Å². The first-order chi connectivity index (χ1) is 12.3. The fraction of sp³-hybridized carbons (Fsp3) is 0.235. The summed E-state index contributed by atoms with van der Waals surface area (Å²) in [4.78, 5) is 12.0. The number of amides is 1. The van der Waals surface area contributed by atoms with Gasteiger partial charge in [0.15, 0.2) is 6.61 Å². The predicted molar refractivity (Wildman–Crippen MR) is 93.1 cm³/mol. The Bertz CT molecular complexity index is 769. The number of alkyl halides is 3. The van der Waals surface area contributed by atoms with Gasteiger partial charge in [0.1, 0.15) is 11.5 Å². The van der Waals surface area contributed by atoms with Crippen LogP contribution in [0.3, 0.4) is 0 Å². The van der Waals surface area contributed by atoms with Crippen LogP contribution in [0.4, 0.5) is 24.5 Å². The van der Waals surface area contributed by atoms with E-state index >= 15 is 0 Å². The molecule has 26 heavy (non-hydrogen) atoms. The summed E-state index contributed by atoms with van der Waals surface area (Å²) in [7, 11) is 1.50. The number of hydrogen-bond donors (Lipinski definition) is 2. The molecule has 2 aromatic rings. The van der Waals surface area contributed by atoms with Crippen molar-refractivity contribution >= 4 is 28.9 Å². The van der Waals surface area contributed by atoms with Crippen molar-refractivity contribution in [1.29, 1.82) is 0 Å². The molecular weight excluding hydrogens is 373 g/mol. The molecule has 0 aromatic heterocycles. The molecule has 2 N–H and O–H groups in total. The highest BCUT2D eigenvalue weighted by Crippen LogP contribution is 2.29. The van der Waals surface area contributed by atoms with E-state index < -0.39 is 18.7 Å². The van der Waals surface area contributed by atoms with Crippen LogP contribution in [0.25, 0.3) is 0 Å². The first-order valence-electron chi connectivity index (χ1n) is 7.44. The fourth-order valence-corrected chi connectivity index (χ4v) is 2.18. The summed E-state index contributed by atoms with van der Waals surface area (Å²) in [6.07, 6.45) is -4.47. The SMILES string of the molecule is COc1cccc(NC(=O)CNc2cc(Cl)ccc2OCC(F)(F)F)c1. The third-order valence-electron chi connectivity index (χ3n) is 3.13. The highest BCUT2D eigenvalue weighted by molar-refractivity contribution is 6.30. The lowest BCUT2D eigenvalue weighted by molar-refractivity contribution is -0.153. The second kappa shape index (κ2) is 8.66. The molecule has 0 aliphatic heterocycles. The number of ether oxygens (including phenoxy) is 2. The van der Waals surface area contributed by atoms with Crippen LogP contribution in [0.5, 0.6) is 11.5 Å². The van der Waals surface area contributed by atoms with Gasteiger partial charge in [-0.3, -0.25) is 4.79 Å². The van der Waals surface area contributed by atoms with E-state index in [9.17, 15) is 18.0 Å². The van der Waals surface area contributed by atoms with Gasteiger partial charge in [0.25, 0.3) is 0 Å². The van der Waals surface area contributed by atoms with E-state index in [1.807, 2.05) is 0 Å². The van der Waals surface area contributed by atoms with E-state index in [2.05, 4.69) is 10.6 Å². The summed E-state index contributed by atoms with van der Waals surface area (Å²) in [6.45, 7) is -1.64. The number of anilines is 2. The average Bonchev–Trinajstić information content (AvgIpc) is 2.58. The standard InChI is InChI=1S/C17H16ClF3N2O3/c1-25-13-4-2-3-12(8-13)23-16(24)9-22-14-7-11(18)5-6-15(14)26-10-17(19,20)21/h2-8,22H,9-10H2,1H3,(H,23,24). The third-order valence-corrected chi connectivity index (χ3v) is 3.36. The van der Waals surface area contributed by atoms with Crippen LogP contribution in [0.2, 0.25) is 5.02 Å². The lowest BCUT2D eigenvalue weighted by atomic mass is 10.2. The highest BCUT2D eigenvalue weighted by atomic mass is 35.5. The smallest absolute Gasteiger partial charge is 0.422 e. The summed E-state index contributed by atoms with van der Waals surface area (Å²) in [5, 5.41) is 5.65. The minimum absolute atomic E-state index is 0.0547. The Hall–Kier alpha value is -2.61. The summed E-state index contributed by atoms with van der Waals surface area (Å²) in [6, 6.07) is 10.8. The quantitative estimate of drug-likeness (QED) is 0.740. The first-order valence-corrected chi connectivity index (χ1v) is 7.81.